The van der Waals surface area contributed by atoms with Crippen molar-refractivity contribution in [3.05, 3.63) is 58.8 Å². The van der Waals surface area contributed by atoms with Crippen molar-refractivity contribution in [3.63, 3.8) is 0 Å². The van der Waals surface area contributed by atoms with E-state index in [1.807, 2.05) is 0 Å². The highest BCUT2D eigenvalue weighted by molar-refractivity contribution is 5.88. The number of pyridine rings is 1. The zero-order valence-electron chi connectivity index (χ0n) is 9.68. The molecule has 0 aliphatic carbocycles. The molecule has 1 aromatic carbocycles. The normalized spacial score (nSPS) is 10.1. The molecule has 1 N–H and O–H groups in total. The average molecular weight is 246 g/mol. The Balaban J connectivity index is 2.44. The number of rotatable bonds is 2. The predicted octanol–water partition coefficient (Wildman–Crippen LogP) is 1.93. The van der Waals surface area contributed by atoms with Crippen LogP contribution in [0.15, 0.2) is 47.4 Å². The maximum atomic E-state index is 13.7. The number of carbonyl (C=O) groups excluding carboxylic acids is 1. The van der Waals surface area contributed by atoms with Gasteiger partial charge in [0.15, 0.2) is 0 Å². The van der Waals surface area contributed by atoms with Gasteiger partial charge in [-0.3, -0.25) is 14.2 Å². The van der Waals surface area contributed by atoms with Gasteiger partial charge in [0.05, 0.1) is 11.4 Å². The molecule has 0 unspecified atom stereocenters. The minimum Gasteiger partial charge on any atom is -0.324 e. The van der Waals surface area contributed by atoms with Gasteiger partial charge in [0.1, 0.15) is 5.82 Å². The molecular formula is C13H11FN2O2. The fourth-order valence-electron chi connectivity index (χ4n) is 1.59. The second-order valence-electron chi connectivity index (χ2n) is 3.75. The summed E-state index contributed by atoms with van der Waals surface area (Å²) in [6, 6.07) is 8.87. The van der Waals surface area contributed by atoms with E-state index in [1.54, 1.807) is 24.4 Å². The molecule has 5 heteroatoms. The molecule has 0 fully saturated rings. The molecular weight excluding hydrogens is 235 g/mol. The minimum absolute atomic E-state index is 0.0928. The first-order valence-electron chi connectivity index (χ1n) is 5.33. The Bertz CT molecular complexity index is 649. The van der Waals surface area contributed by atoms with Crippen molar-refractivity contribution in [1.29, 1.82) is 0 Å². The standard InChI is InChI=1S/C13H11FN2O2/c1-9(17)15-12-6-5-10(8-11(12)14)16-7-3-2-4-13(16)18/h2-8H,1H3,(H,15,17). The maximum absolute atomic E-state index is 13.7. The highest BCUT2D eigenvalue weighted by Gasteiger charge is 2.06. The molecule has 4 nitrogen and oxygen atoms in total. The van der Waals surface area contributed by atoms with Crippen molar-refractivity contribution in [2.24, 2.45) is 0 Å². The van der Waals surface area contributed by atoms with Crippen molar-refractivity contribution >= 4 is 11.6 Å². The lowest BCUT2D eigenvalue weighted by atomic mass is 10.2. The van der Waals surface area contributed by atoms with Crippen molar-refractivity contribution in [1.82, 2.24) is 4.57 Å². The maximum Gasteiger partial charge on any atom is 0.255 e. The van der Waals surface area contributed by atoms with Crippen molar-refractivity contribution in [2.75, 3.05) is 5.32 Å². The lowest BCUT2D eigenvalue weighted by molar-refractivity contribution is -0.114. The Morgan fingerprint density at radius 3 is 2.67 bits per heavy atom. The molecule has 2 rings (SSSR count). The van der Waals surface area contributed by atoms with Crippen LogP contribution in [0.1, 0.15) is 6.92 Å². The van der Waals surface area contributed by atoms with E-state index >= 15 is 0 Å². The topological polar surface area (TPSA) is 51.1 Å². The summed E-state index contributed by atoms with van der Waals surface area (Å²) in [5.74, 6) is -0.933. The van der Waals surface area contributed by atoms with Crippen LogP contribution in [0.4, 0.5) is 10.1 Å². The van der Waals surface area contributed by atoms with E-state index in [2.05, 4.69) is 5.32 Å². The molecule has 0 spiro atoms. The molecule has 0 aliphatic heterocycles. The Morgan fingerprint density at radius 1 is 1.28 bits per heavy atom. The third kappa shape index (κ3) is 2.45. The summed E-state index contributed by atoms with van der Waals surface area (Å²) in [4.78, 5) is 22.4. The molecule has 0 saturated heterocycles. The van der Waals surface area contributed by atoms with Gasteiger partial charge in [0, 0.05) is 25.3 Å². The van der Waals surface area contributed by atoms with E-state index < -0.39 is 5.82 Å². The first-order valence-corrected chi connectivity index (χ1v) is 5.33. The van der Waals surface area contributed by atoms with Crippen molar-refractivity contribution in [2.45, 2.75) is 6.92 Å². The van der Waals surface area contributed by atoms with Gasteiger partial charge in [0.2, 0.25) is 5.91 Å². The van der Waals surface area contributed by atoms with Gasteiger partial charge < -0.3 is 5.32 Å². The quantitative estimate of drug-likeness (QED) is 0.880. The molecule has 1 heterocycles. The lowest BCUT2D eigenvalue weighted by Gasteiger charge is -2.08. The smallest absolute Gasteiger partial charge is 0.255 e. The second-order valence-corrected chi connectivity index (χ2v) is 3.75. The van der Waals surface area contributed by atoms with Crippen LogP contribution in [-0.4, -0.2) is 10.5 Å². The SMILES string of the molecule is CC(=O)Nc1ccc(-n2ccccc2=O)cc1F. The van der Waals surface area contributed by atoms with Crippen molar-refractivity contribution in [3.8, 4) is 5.69 Å². The summed E-state index contributed by atoms with van der Waals surface area (Å²) in [5, 5.41) is 2.37. The zero-order valence-corrected chi connectivity index (χ0v) is 9.68. The highest BCUT2D eigenvalue weighted by Crippen LogP contribution is 2.17. The molecule has 2 aromatic rings. The summed E-state index contributed by atoms with van der Waals surface area (Å²) in [5.41, 5.74) is 0.256. The van der Waals surface area contributed by atoms with E-state index in [4.69, 9.17) is 0 Å². The predicted molar refractivity (Wildman–Crippen MR) is 66.3 cm³/mol. The van der Waals surface area contributed by atoms with Gasteiger partial charge in [0.25, 0.3) is 5.56 Å². The molecule has 0 atom stereocenters. The molecule has 0 bridgehead atoms. The van der Waals surface area contributed by atoms with E-state index in [-0.39, 0.29) is 17.2 Å². The largest absolute Gasteiger partial charge is 0.324 e. The van der Waals surface area contributed by atoms with E-state index in [9.17, 15) is 14.0 Å². The van der Waals surface area contributed by atoms with Crippen LogP contribution < -0.4 is 10.9 Å². The van der Waals surface area contributed by atoms with Crippen LogP contribution >= 0.6 is 0 Å². The van der Waals surface area contributed by atoms with Crippen LogP contribution in [0.2, 0.25) is 0 Å². The molecule has 1 aromatic heterocycles. The number of aromatic nitrogens is 1. The Kier molecular flexibility index (Phi) is 3.23. The second kappa shape index (κ2) is 4.83. The van der Waals surface area contributed by atoms with Crippen LogP contribution in [0, 0.1) is 5.82 Å². The molecule has 0 aliphatic rings. The number of nitrogens with zero attached hydrogens (tertiary/aromatic N) is 1. The van der Waals surface area contributed by atoms with Gasteiger partial charge >= 0.3 is 0 Å². The average Bonchev–Trinajstić information content (AvgIpc) is 2.32. The Hall–Kier alpha value is -2.43. The Labute approximate surface area is 103 Å². The number of anilines is 1. The number of halogens is 1. The molecule has 18 heavy (non-hydrogen) atoms. The number of hydrogen-bond donors (Lipinski definition) is 1. The molecule has 0 saturated carbocycles. The number of nitrogens with one attached hydrogen (secondary N) is 1. The van der Waals surface area contributed by atoms with Crippen LogP contribution in [0.3, 0.4) is 0 Å². The van der Waals surface area contributed by atoms with Gasteiger partial charge in [-0.05, 0) is 18.2 Å². The summed E-state index contributed by atoms with van der Waals surface area (Å²) in [6.45, 7) is 1.30. The first kappa shape index (κ1) is 12.0. The summed E-state index contributed by atoms with van der Waals surface area (Å²) >= 11 is 0. The molecule has 0 radical (unpaired) electrons. The first-order chi connectivity index (χ1) is 8.58. The van der Waals surface area contributed by atoms with Crippen LogP contribution in [0.5, 0.6) is 0 Å². The van der Waals surface area contributed by atoms with Gasteiger partial charge in [-0.15, -0.1) is 0 Å². The number of benzene rings is 1. The lowest BCUT2D eigenvalue weighted by Crippen LogP contribution is -2.16. The number of hydrogen-bond acceptors (Lipinski definition) is 2. The third-order valence-corrected chi connectivity index (χ3v) is 2.36. The molecule has 1 amide bonds. The summed E-state index contributed by atoms with van der Waals surface area (Å²) in [6.07, 6.45) is 1.55. The van der Waals surface area contributed by atoms with Gasteiger partial charge in [-0.25, -0.2) is 4.39 Å². The molecule has 92 valence electrons. The summed E-state index contributed by atoms with van der Waals surface area (Å²) in [7, 11) is 0. The van der Waals surface area contributed by atoms with Gasteiger partial charge in [-0.1, -0.05) is 6.07 Å². The third-order valence-electron chi connectivity index (χ3n) is 2.36. The van der Waals surface area contributed by atoms with E-state index in [0.717, 1.165) is 0 Å². The number of carbonyl (C=O) groups is 1. The zero-order chi connectivity index (χ0) is 13.1. The highest BCUT2D eigenvalue weighted by atomic mass is 19.1. The van der Waals surface area contributed by atoms with Crippen LogP contribution in [-0.2, 0) is 4.79 Å². The fraction of sp³-hybridized carbons (Fsp3) is 0.0769. The monoisotopic (exact) mass is 246 g/mol. The summed E-state index contributed by atoms with van der Waals surface area (Å²) < 4.78 is 15.0. The van der Waals surface area contributed by atoms with Crippen molar-refractivity contribution < 1.29 is 9.18 Å². The van der Waals surface area contributed by atoms with E-state index in [1.165, 1.54) is 29.7 Å². The van der Waals surface area contributed by atoms with Gasteiger partial charge in [-0.2, -0.15) is 0 Å². The Morgan fingerprint density at radius 2 is 2.06 bits per heavy atom. The minimum atomic E-state index is -0.585. The van der Waals surface area contributed by atoms with Crippen LogP contribution in [0.25, 0.3) is 5.69 Å². The fourth-order valence-corrected chi connectivity index (χ4v) is 1.59. The van der Waals surface area contributed by atoms with E-state index in [0.29, 0.717) is 5.69 Å². The number of amides is 1.